The second-order valence-corrected chi connectivity index (χ2v) is 8.87. The van der Waals surface area contributed by atoms with Gasteiger partial charge in [-0.25, -0.2) is 13.4 Å². The summed E-state index contributed by atoms with van der Waals surface area (Å²) in [7, 11) is -3.64. The maximum atomic E-state index is 12.7. The average molecular weight is 385 g/mol. The Bertz CT molecular complexity index is 1050. The van der Waals surface area contributed by atoms with E-state index in [2.05, 4.69) is 28.5 Å². The molecule has 1 saturated heterocycles. The van der Waals surface area contributed by atoms with Gasteiger partial charge in [-0.1, -0.05) is 26.0 Å². The number of ether oxygens (including phenoxy) is 1. The van der Waals surface area contributed by atoms with Gasteiger partial charge in [-0.05, 0) is 54.7 Å². The summed E-state index contributed by atoms with van der Waals surface area (Å²) in [5.41, 5.74) is 3.19. The number of hydrogen-bond donors (Lipinski definition) is 2. The first-order valence-corrected chi connectivity index (χ1v) is 10.6. The molecule has 1 aliphatic heterocycles. The van der Waals surface area contributed by atoms with Crippen LogP contribution < -0.4 is 4.72 Å². The van der Waals surface area contributed by atoms with Crippen LogP contribution in [0.4, 0.5) is 5.69 Å². The second-order valence-electron chi connectivity index (χ2n) is 7.18. The Kier molecular flexibility index (Phi) is 4.65. The zero-order valence-electron chi connectivity index (χ0n) is 15.4. The van der Waals surface area contributed by atoms with Gasteiger partial charge in [0.1, 0.15) is 11.9 Å². The third-order valence-corrected chi connectivity index (χ3v) is 6.24. The van der Waals surface area contributed by atoms with Crippen LogP contribution in [-0.2, 0) is 14.8 Å². The van der Waals surface area contributed by atoms with E-state index in [1.165, 1.54) is 0 Å². The molecule has 0 aliphatic carbocycles. The summed E-state index contributed by atoms with van der Waals surface area (Å²) in [5.74, 6) is 1.15. The monoisotopic (exact) mass is 385 g/mol. The van der Waals surface area contributed by atoms with Crippen molar-refractivity contribution in [3.63, 3.8) is 0 Å². The first-order valence-electron chi connectivity index (χ1n) is 9.16. The molecule has 0 spiro atoms. The van der Waals surface area contributed by atoms with Gasteiger partial charge in [0.05, 0.1) is 21.6 Å². The number of imidazole rings is 1. The van der Waals surface area contributed by atoms with E-state index in [-0.39, 0.29) is 11.0 Å². The summed E-state index contributed by atoms with van der Waals surface area (Å²) >= 11 is 0. The fourth-order valence-electron chi connectivity index (χ4n) is 3.28. The lowest BCUT2D eigenvalue weighted by Gasteiger charge is -2.10. The van der Waals surface area contributed by atoms with E-state index in [1.54, 1.807) is 24.3 Å². The minimum Gasteiger partial charge on any atom is -0.370 e. The molecule has 0 bridgehead atoms. The SMILES string of the molecule is CC(C)c1ccc(S(=O)(=O)Nc2ccc3nc(C4CCCO4)[nH]c3c2)cc1. The quantitative estimate of drug-likeness (QED) is 0.684. The lowest BCUT2D eigenvalue weighted by molar-refractivity contribution is 0.106. The molecule has 1 atom stereocenters. The molecular weight excluding hydrogens is 362 g/mol. The highest BCUT2D eigenvalue weighted by Gasteiger charge is 2.21. The average Bonchev–Trinajstić information content (AvgIpc) is 3.30. The van der Waals surface area contributed by atoms with Gasteiger partial charge in [0, 0.05) is 6.61 Å². The standard InChI is InChI=1S/C20H23N3O3S/c1-13(2)14-5-8-16(9-6-14)27(24,25)23-15-7-10-17-18(12-15)22-20(21-17)19-4-3-11-26-19/h5-10,12-13,19,23H,3-4,11H2,1-2H3,(H,21,22). The van der Waals surface area contributed by atoms with Crippen LogP contribution in [0.5, 0.6) is 0 Å². The molecule has 3 aromatic rings. The number of hydrogen-bond acceptors (Lipinski definition) is 4. The van der Waals surface area contributed by atoms with Gasteiger partial charge in [0.25, 0.3) is 10.0 Å². The molecule has 7 heteroatoms. The van der Waals surface area contributed by atoms with Crippen molar-refractivity contribution in [2.75, 3.05) is 11.3 Å². The van der Waals surface area contributed by atoms with Crippen molar-refractivity contribution in [3.05, 3.63) is 53.9 Å². The van der Waals surface area contributed by atoms with Crippen LogP contribution in [0, 0.1) is 0 Å². The summed E-state index contributed by atoms with van der Waals surface area (Å²) < 4.78 is 33.7. The zero-order chi connectivity index (χ0) is 19.0. The lowest BCUT2D eigenvalue weighted by atomic mass is 10.0. The molecule has 2 heterocycles. The normalized spacial score (nSPS) is 17.7. The number of aromatic amines is 1. The molecule has 1 fully saturated rings. The Morgan fingerprint density at radius 2 is 1.96 bits per heavy atom. The zero-order valence-corrected chi connectivity index (χ0v) is 16.2. The number of H-pyrrole nitrogens is 1. The number of fused-ring (bicyclic) bond motifs is 1. The van der Waals surface area contributed by atoms with E-state index in [0.29, 0.717) is 11.6 Å². The molecule has 6 nitrogen and oxygen atoms in total. The molecule has 0 saturated carbocycles. The van der Waals surface area contributed by atoms with E-state index in [4.69, 9.17) is 4.74 Å². The summed E-state index contributed by atoms with van der Waals surface area (Å²) in [6.07, 6.45) is 1.98. The second kappa shape index (κ2) is 6.98. The molecule has 142 valence electrons. The van der Waals surface area contributed by atoms with Gasteiger partial charge in [0.2, 0.25) is 0 Å². The van der Waals surface area contributed by atoms with Crippen LogP contribution >= 0.6 is 0 Å². The van der Waals surface area contributed by atoms with Crippen molar-refractivity contribution in [3.8, 4) is 0 Å². The molecule has 0 amide bonds. The topological polar surface area (TPSA) is 84.1 Å². The van der Waals surface area contributed by atoms with Crippen molar-refractivity contribution in [1.82, 2.24) is 9.97 Å². The number of aromatic nitrogens is 2. The van der Waals surface area contributed by atoms with Gasteiger partial charge >= 0.3 is 0 Å². The minimum absolute atomic E-state index is 0.00277. The molecule has 2 aromatic carbocycles. The summed E-state index contributed by atoms with van der Waals surface area (Å²) in [5, 5.41) is 0. The van der Waals surface area contributed by atoms with Crippen LogP contribution in [0.15, 0.2) is 47.4 Å². The predicted octanol–water partition coefficient (Wildman–Crippen LogP) is 4.34. The smallest absolute Gasteiger partial charge is 0.261 e. The third-order valence-electron chi connectivity index (χ3n) is 4.84. The third kappa shape index (κ3) is 3.70. The number of benzene rings is 2. The lowest BCUT2D eigenvalue weighted by Crippen LogP contribution is -2.13. The van der Waals surface area contributed by atoms with Crippen LogP contribution in [0.1, 0.15) is 50.1 Å². The van der Waals surface area contributed by atoms with Crippen LogP contribution in [0.2, 0.25) is 0 Å². The Hall–Kier alpha value is -2.38. The van der Waals surface area contributed by atoms with Crippen molar-refractivity contribution < 1.29 is 13.2 Å². The highest BCUT2D eigenvalue weighted by Crippen LogP contribution is 2.29. The number of nitrogens with one attached hydrogen (secondary N) is 2. The number of rotatable bonds is 5. The Balaban J connectivity index is 1.58. The van der Waals surface area contributed by atoms with Gasteiger partial charge in [-0.2, -0.15) is 0 Å². The van der Waals surface area contributed by atoms with Gasteiger partial charge in [0.15, 0.2) is 0 Å². The Morgan fingerprint density at radius 1 is 1.19 bits per heavy atom. The molecule has 27 heavy (non-hydrogen) atoms. The van der Waals surface area contributed by atoms with E-state index in [0.717, 1.165) is 41.9 Å². The van der Waals surface area contributed by atoms with Gasteiger partial charge in [-0.15, -0.1) is 0 Å². The minimum atomic E-state index is -3.64. The summed E-state index contributed by atoms with van der Waals surface area (Å²) in [4.78, 5) is 8.06. The molecule has 1 aromatic heterocycles. The Labute approximate surface area is 159 Å². The summed E-state index contributed by atoms with van der Waals surface area (Å²) in [6.45, 7) is 4.90. The van der Waals surface area contributed by atoms with Crippen LogP contribution in [-0.4, -0.2) is 25.0 Å². The number of sulfonamides is 1. The fraction of sp³-hybridized carbons (Fsp3) is 0.350. The van der Waals surface area contributed by atoms with E-state index in [9.17, 15) is 8.42 Å². The van der Waals surface area contributed by atoms with Crippen molar-refractivity contribution in [2.24, 2.45) is 0 Å². The first-order chi connectivity index (χ1) is 12.9. The molecule has 4 rings (SSSR count). The molecule has 1 unspecified atom stereocenters. The van der Waals surface area contributed by atoms with Crippen LogP contribution in [0.3, 0.4) is 0 Å². The first kappa shape index (κ1) is 18.0. The Morgan fingerprint density at radius 3 is 2.63 bits per heavy atom. The highest BCUT2D eigenvalue weighted by atomic mass is 32.2. The number of nitrogens with zero attached hydrogens (tertiary/aromatic N) is 1. The fourth-order valence-corrected chi connectivity index (χ4v) is 4.33. The van der Waals surface area contributed by atoms with E-state index < -0.39 is 10.0 Å². The van der Waals surface area contributed by atoms with Crippen molar-refractivity contribution in [2.45, 2.75) is 43.6 Å². The van der Waals surface area contributed by atoms with E-state index in [1.807, 2.05) is 18.2 Å². The largest absolute Gasteiger partial charge is 0.370 e. The summed E-state index contributed by atoms with van der Waals surface area (Å²) in [6, 6.07) is 12.3. The molecule has 2 N–H and O–H groups in total. The maximum absolute atomic E-state index is 12.7. The molecule has 0 radical (unpaired) electrons. The number of anilines is 1. The van der Waals surface area contributed by atoms with Gasteiger partial charge < -0.3 is 9.72 Å². The predicted molar refractivity (Wildman–Crippen MR) is 105 cm³/mol. The van der Waals surface area contributed by atoms with Crippen molar-refractivity contribution in [1.29, 1.82) is 0 Å². The van der Waals surface area contributed by atoms with E-state index >= 15 is 0 Å². The molecule has 1 aliphatic rings. The van der Waals surface area contributed by atoms with Crippen LogP contribution in [0.25, 0.3) is 11.0 Å². The highest BCUT2D eigenvalue weighted by molar-refractivity contribution is 7.92. The van der Waals surface area contributed by atoms with Crippen molar-refractivity contribution >= 4 is 26.7 Å². The van der Waals surface area contributed by atoms with Gasteiger partial charge in [-0.3, -0.25) is 4.72 Å². The maximum Gasteiger partial charge on any atom is 0.261 e. The molecular formula is C20H23N3O3S.